The Hall–Kier alpha value is -1.56. The molecule has 0 saturated heterocycles. The molecule has 0 radical (unpaired) electrons. The molecule has 0 N–H and O–H groups in total. The van der Waals surface area contributed by atoms with Gasteiger partial charge in [-0.15, -0.1) is 6.58 Å². The summed E-state index contributed by atoms with van der Waals surface area (Å²) in [4.78, 5) is 0. The third kappa shape index (κ3) is 13.4. The Morgan fingerprint density at radius 2 is 1.12 bits per heavy atom. The molecule has 0 heteroatoms. The first-order valence-corrected chi connectivity index (χ1v) is 13.7. The smallest absolute Gasteiger partial charge is 0.00303 e. The highest BCUT2D eigenvalue weighted by Crippen LogP contribution is 2.33. The summed E-state index contributed by atoms with van der Waals surface area (Å²) in [7, 11) is 0. The van der Waals surface area contributed by atoms with Crippen LogP contribution < -0.4 is 0 Å². The predicted octanol–water partition coefficient (Wildman–Crippen LogP) is 11.3. The van der Waals surface area contributed by atoms with Gasteiger partial charge in [0.05, 0.1) is 0 Å². The summed E-state index contributed by atoms with van der Waals surface area (Å²) in [5.41, 5.74) is 5.37. The molecule has 34 heavy (non-hydrogen) atoms. The van der Waals surface area contributed by atoms with Gasteiger partial charge < -0.3 is 0 Å². The maximum atomic E-state index is 4.39. The van der Waals surface area contributed by atoms with Gasteiger partial charge in [-0.05, 0) is 94.8 Å². The number of allylic oxidation sites excluding steroid dienone is 7. The van der Waals surface area contributed by atoms with Gasteiger partial charge in [0.1, 0.15) is 0 Å². The second kappa shape index (κ2) is 16.2. The number of hydrogen-bond acceptors (Lipinski definition) is 0. The van der Waals surface area contributed by atoms with Crippen molar-refractivity contribution in [3.05, 3.63) is 73.4 Å². The van der Waals surface area contributed by atoms with Crippen molar-refractivity contribution < 1.29 is 0 Å². The molecule has 0 aromatic carbocycles. The van der Waals surface area contributed by atoms with Crippen LogP contribution in [0, 0.1) is 35.0 Å². The molecule has 0 rings (SSSR count). The lowest BCUT2D eigenvalue weighted by molar-refractivity contribution is 0.423. The first kappa shape index (κ1) is 32.4. The lowest BCUT2D eigenvalue weighted by atomic mass is 9.79. The summed E-state index contributed by atoms with van der Waals surface area (Å²) >= 11 is 0. The normalized spacial score (nSPS) is 17.9. The molecule has 0 bridgehead atoms. The van der Waals surface area contributed by atoms with E-state index in [1.807, 2.05) is 0 Å². The summed E-state index contributed by atoms with van der Waals surface area (Å²) < 4.78 is 0. The van der Waals surface area contributed by atoms with E-state index < -0.39 is 0 Å². The molecular formula is C34H58. The van der Waals surface area contributed by atoms with Crippen LogP contribution in [0.25, 0.3) is 0 Å². The van der Waals surface area contributed by atoms with Crippen LogP contribution in [-0.4, -0.2) is 0 Å². The van der Waals surface area contributed by atoms with Gasteiger partial charge in [0.2, 0.25) is 0 Å². The van der Waals surface area contributed by atoms with Crippen LogP contribution in [0.5, 0.6) is 0 Å². The van der Waals surface area contributed by atoms with Crippen LogP contribution >= 0.6 is 0 Å². The number of rotatable bonds is 19. The van der Waals surface area contributed by atoms with Crippen LogP contribution in [0.2, 0.25) is 0 Å². The molecular weight excluding hydrogens is 408 g/mol. The Morgan fingerprint density at radius 1 is 0.676 bits per heavy atom. The third-order valence-electron chi connectivity index (χ3n) is 8.32. The predicted molar refractivity (Wildman–Crippen MR) is 158 cm³/mol. The maximum absolute atomic E-state index is 4.39. The van der Waals surface area contributed by atoms with E-state index >= 15 is 0 Å². The Labute approximate surface area is 215 Å². The maximum Gasteiger partial charge on any atom is 0.00303 e. The minimum absolute atomic E-state index is 0.0433. The highest BCUT2D eigenvalue weighted by Gasteiger charge is 2.20. The molecule has 0 aromatic rings. The fraction of sp³-hybridized carbons (Fsp3) is 0.647. The quantitative estimate of drug-likeness (QED) is 0.166. The van der Waals surface area contributed by atoms with Crippen molar-refractivity contribution in [1.29, 1.82) is 0 Å². The summed E-state index contributed by atoms with van der Waals surface area (Å²) in [6, 6.07) is 0. The minimum atomic E-state index is 0.0433. The van der Waals surface area contributed by atoms with Gasteiger partial charge >= 0.3 is 0 Å². The second-order valence-electron chi connectivity index (χ2n) is 11.9. The lowest BCUT2D eigenvalue weighted by Gasteiger charge is -2.25. The van der Waals surface area contributed by atoms with Gasteiger partial charge in [-0.25, -0.2) is 0 Å². The van der Waals surface area contributed by atoms with Gasteiger partial charge in [0, 0.05) is 5.41 Å². The minimum Gasteiger partial charge on any atom is -0.102 e. The van der Waals surface area contributed by atoms with Crippen molar-refractivity contribution in [2.24, 2.45) is 35.0 Å². The Morgan fingerprint density at radius 3 is 1.53 bits per heavy atom. The van der Waals surface area contributed by atoms with E-state index in [1.165, 1.54) is 41.6 Å². The first-order valence-electron chi connectivity index (χ1n) is 13.7. The molecule has 0 saturated carbocycles. The fourth-order valence-corrected chi connectivity index (χ4v) is 3.97. The van der Waals surface area contributed by atoms with Crippen LogP contribution in [0.4, 0.5) is 0 Å². The molecule has 0 aromatic heterocycles. The van der Waals surface area contributed by atoms with Gasteiger partial charge in [-0.2, -0.15) is 0 Å². The number of hydrogen-bond donors (Lipinski definition) is 0. The van der Waals surface area contributed by atoms with E-state index in [0.717, 1.165) is 32.1 Å². The van der Waals surface area contributed by atoms with Crippen LogP contribution in [0.3, 0.4) is 0 Å². The van der Waals surface area contributed by atoms with E-state index in [1.54, 1.807) is 0 Å². The van der Waals surface area contributed by atoms with Gasteiger partial charge in [0.25, 0.3) is 0 Å². The molecule has 6 atom stereocenters. The van der Waals surface area contributed by atoms with Crippen molar-refractivity contribution in [3.63, 3.8) is 0 Å². The van der Waals surface area contributed by atoms with Crippen molar-refractivity contribution in [1.82, 2.24) is 0 Å². The van der Waals surface area contributed by atoms with E-state index in [-0.39, 0.29) is 5.41 Å². The topological polar surface area (TPSA) is 0 Å². The van der Waals surface area contributed by atoms with Crippen LogP contribution in [0.15, 0.2) is 73.4 Å². The largest absolute Gasteiger partial charge is 0.102 e. The molecule has 0 heterocycles. The van der Waals surface area contributed by atoms with Crippen LogP contribution in [0.1, 0.15) is 107 Å². The molecule has 0 spiro atoms. The average molecular weight is 467 g/mol. The van der Waals surface area contributed by atoms with Crippen molar-refractivity contribution in [2.45, 2.75) is 107 Å². The van der Waals surface area contributed by atoms with E-state index in [9.17, 15) is 0 Å². The second-order valence-corrected chi connectivity index (χ2v) is 11.9. The van der Waals surface area contributed by atoms with E-state index in [0.29, 0.717) is 29.6 Å². The average Bonchev–Trinajstić information content (AvgIpc) is 2.80. The summed E-state index contributed by atoms with van der Waals surface area (Å²) in [5.74, 6) is 2.86. The highest BCUT2D eigenvalue weighted by molar-refractivity contribution is 5.10. The lowest BCUT2D eigenvalue weighted by Crippen LogP contribution is -2.13. The summed E-state index contributed by atoms with van der Waals surface area (Å²) in [6.07, 6.45) is 16.2. The summed E-state index contributed by atoms with van der Waals surface area (Å²) in [5, 5.41) is 0. The Kier molecular flexibility index (Phi) is 15.4. The van der Waals surface area contributed by atoms with Gasteiger partial charge in [0.15, 0.2) is 0 Å². The third-order valence-corrected chi connectivity index (χ3v) is 8.32. The summed E-state index contributed by atoms with van der Waals surface area (Å²) in [6.45, 7) is 39.2. The zero-order chi connectivity index (χ0) is 26.5. The Bertz CT molecular complexity index is 702. The van der Waals surface area contributed by atoms with Gasteiger partial charge in [-0.1, -0.05) is 108 Å². The van der Waals surface area contributed by atoms with Crippen molar-refractivity contribution in [2.75, 3.05) is 0 Å². The fourth-order valence-electron chi connectivity index (χ4n) is 3.97. The standard InChI is InChI=1S/C34H58/c1-14-34(13,24-22-33(12)32(11)20-18-29(8)26(4)5)23-21-27(6)15-16-30(9)31(10)19-17-28(7)25(2)3/h14,21,23,27-30,33H,1-2,4,10-11,15-20,22,24H2,3,5-9,12-13H3. The molecule has 0 aliphatic carbocycles. The van der Waals surface area contributed by atoms with Crippen molar-refractivity contribution in [3.8, 4) is 0 Å². The zero-order valence-electron chi connectivity index (χ0n) is 24.3. The van der Waals surface area contributed by atoms with E-state index in [2.05, 4.69) is 107 Å². The van der Waals surface area contributed by atoms with Crippen molar-refractivity contribution >= 4 is 0 Å². The SMILES string of the molecule is C=CC(C)(C=CC(C)CCC(C)C(=C)CCC(C)C(=C)C)CCC(C)C(=C)CCC(C)C(=C)C. The molecule has 194 valence electrons. The molecule has 0 amide bonds. The molecule has 6 unspecified atom stereocenters. The van der Waals surface area contributed by atoms with E-state index in [4.69, 9.17) is 0 Å². The van der Waals surface area contributed by atoms with Crippen LogP contribution in [-0.2, 0) is 0 Å². The first-order chi connectivity index (χ1) is 15.7. The zero-order valence-corrected chi connectivity index (χ0v) is 24.3. The Balaban J connectivity index is 4.58. The van der Waals surface area contributed by atoms with Gasteiger partial charge in [-0.3, -0.25) is 0 Å². The molecule has 0 nitrogen and oxygen atoms in total. The molecule has 0 fully saturated rings. The molecule has 0 aliphatic heterocycles. The molecule has 0 aliphatic rings. The monoisotopic (exact) mass is 466 g/mol. The highest BCUT2D eigenvalue weighted by atomic mass is 14.2.